The minimum atomic E-state index is -4.59. The molecule has 69 heavy (non-hydrogen) atoms. The van der Waals surface area contributed by atoms with Gasteiger partial charge in [-0.1, -0.05) is 269 Å². The number of nitrogens with one attached hydrogen (secondary N) is 1. The summed E-state index contributed by atoms with van der Waals surface area (Å²) in [7, 11) is 1.27. The van der Waals surface area contributed by atoms with Gasteiger partial charge in [-0.3, -0.25) is 9.36 Å². The summed E-state index contributed by atoms with van der Waals surface area (Å²) in [6.07, 6.45) is 66.6. The summed E-state index contributed by atoms with van der Waals surface area (Å²) < 4.78 is 23.3. The highest BCUT2D eigenvalue weighted by atomic mass is 31.2. The zero-order valence-corrected chi connectivity index (χ0v) is 47.4. The molecule has 0 bridgehead atoms. The second-order valence-corrected chi connectivity index (χ2v) is 23.1. The molecule has 0 rings (SSSR count). The van der Waals surface area contributed by atoms with Gasteiger partial charge in [0.15, 0.2) is 0 Å². The van der Waals surface area contributed by atoms with Crippen LogP contribution in [-0.4, -0.2) is 68.5 Å². The molecule has 3 unspecified atom stereocenters. The molecule has 0 aliphatic heterocycles. The van der Waals surface area contributed by atoms with E-state index in [1.807, 2.05) is 27.2 Å². The number of unbranched alkanes of at least 4 members (excludes halogenated alkanes) is 38. The topological polar surface area (TPSA) is 108 Å². The zero-order valence-electron chi connectivity index (χ0n) is 46.5. The van der Waals surface area contributed by atoms with Crippen LogP contribution in [0.1, 0.15) is 290 Å². The Hall–Kier alpha value is -1.28. The van der Waals surface area contributed by atoms with Crippen molar-refractivity contribution in [2.24, 2.45) is 0 Å². The summed E-state index contributed by atoms with van der Waals surface area (Å²) in [6, 6.07) is -0.884. The predicted octanol–water partition coefficient (Wildman–Crippen LogP) is 17.5. The number of hydrogen-bond acceptors (Lipinski definition) is 6. The van der Waals surface area contributed by atoms with Gasteiger partial charge in [0.2, 0.25) is 5.91 Å². The van der Waals surface area contributed by atoms with E-state index < -0.39 is 20.0 Å². The second-order valence-electron chi connectivity index (χ2n) is 21.7. The van der Waals surface area contributed by atoms with Gasteiger partial charge in [-0.2, -0.15) is 0 Å². The van der Waals surface area contributed by atoms with Crippen molar-refractivity contribution in [2.45, 2.75) is 302 Å². The Labute approximate surface area is 429 Å². The smallest absolute Gasteiger partial charge is 0.268 e. The van der Waals surface area contributed by atoms with Crippen LogP contribution < -0.4 is 10.2 Å². The van der Waals surface area contributed by atoms with Crippen molar-refractivity contribution in [3.05, 3.63) is 36.5 Å². The van der Waals surface area contributed by atoms with Gasteiger partial charge in [-0.15, -0.1) is 0 Å². The SMILES string of the molecule is CCCCCCC/C=C\C/C=C\CCCCCCCCCCCCCCCCCCCCCC(=O)NC(COP(=O)([O-])OCC[N+](C)(C)C)C(O)/C=C/CCCCCCCCCCCCCCCC. The first-order chi connectivity index (χ1) is 33.5. The van der Waals surface area contributed by atoms with Crippen molar-refractivity contribution in [2.75, 3.05) is 40.9 Å². The monoisotopic (exact) mass is 993 g/mol. The number of phosphoric ester groups is 1. The first kappa shape index (κ1) is 67.7. The predicted molar refractivity (Wildman–Crippen MR) is 298 cm³/mol. The van der Waals surface area contributed by atoms with Crippen molar-refractivity contribution in [3.63, 3.8) is 0 Å². The molecule has 0 heterocycles. The molecule has 3 atom stereocenters. The number of rotatable bonds is 55. The number of aliphatic hydroxyl groups excluding tert-OH is 1. The highest BCUT2D eigenvalue weighted by Gasteiger charge is 2.23. The summed E-state index contributed by atoms with van der Waals surface area (Å²) >= 11 is 0. The van der Waals surface area contributed by atoms with E-state index in [0.29, 0.717) is 17.4 Å². The van der Waals surface area contributed by atoms with Gasteiger partial charge in [-0.05, 0) is 51.4 Å². The van der Waals surface area contributed by atoms with Gasteiger partial charge < -0.3 is 28.8 Å². The molecule has 408 valence electrons. The highest BCUT2D eigenvalue weighted by Crippen LogP contribution is 2.38. The maximum atomic E-state index is 13.0. The molecule has 1 amide bonds. The lowest BCUT2D eigenvalue weighted by Gasteiger charge is -2.29. The fraction of sp³-hybridized carbons (Fsp3) is 0.883. The van der Waals surface area contributed by atoms with Crippen LogP contribution >= 0.6 is 7.82 Å². The summed E-state index contributed by atoms with van der Waals surface area (Å²) in [6.45, 7) is 4.67. The van der Waals surface area contributed by atoms with E-state index in [1.54, 1.807) is 6.08 Å². The van der Waals surface area contributed by atoms with Crippen LogP contribution in [0.3, 0.4) is 0 Å². The Bertz CT molecular complexity index is 1220. The average molecular weight is 994 g/mol. The average Bonchev–Trinajstić information content (AvgIpc) is 3.31. The van der Waals surface area contributed by atoms with E-state index in [1.165, 1.54) is 225 Å². The molecule has 8 nitrogen and oxygen atoms in total. The molecule has 0 saturated carbocycles. The number of amides is 1. The van der Waals surface area contributed by atoms with Crippen molar-refractivity contribution in [1.82, 2.24) is 5.32 Å². The standard InChI is InChI=1S/C60H117N2O6P/c1-6-8-10-12-14-16-18-20-22-24-25-26-27-28-29-30-31-32-33-34-35-36-37-38-40-42-44-46-48-50-52-54-60(64)61-58(57-68-69(65,66)67-56-55-62(3,4)5)59(63)53-51-49-47-45-43-41-39-23-21-19-17-15-13-11-9-7-2/h18,20,24-25,51,53,58-59,63H,6-17,19,21-23,26-50,52,54-57H2,1-5H3,(H-,61,64,65,66)/b20-18-,25-24-,53-51+. The Morgan fingerprint density at radius 1 is 0.507 bits per heavy atom. The Morgan fingerprint density at radius 2 is 0.841 bits per heavy atom. The zero-order chi connectivity index (χ0) is 50.6. The lowest BCUT2D eigenvalue weighted by molar-refractivity contribution is -0.870. The summed E-state index contributed by atoms with van der Waals surface area (Å²) in [5.74, 6) is -0.193. The van der Waals surface area contributed by atoms with E-state index in [9.17, 15) is 19.4 Å². The molecular weight excluding hydrogens is 876 g/mol. The lowest BCUT2D eigenvalue weighted by atomic mass is 10.0. The number of allylic oxidation sites excluding steroid dienone is 5. The quantitative estimate of drug-likeness (QED) is 0.0272. The third-order valence-corrected chi connectivity index (χ3v) is 14.6. The van der Waals surface area contributed by atoms with Gasteiger partial charge in [-0.25, -0.2) is 0 Å². The van der Waals surface area contributed by atoms with Gasteiger partial charge in [0.25, 0.3) is 7.82 Å². The molecule has 0 aromatic carbocycles. The minimum absolute atomic E-state index is 0.000665. The van der Waals surface area contributed by atoms with E-state index in [2.05, 4.69) is 43.5 Å². The molecule has 0 radical (unpaired) electrons. The molecule has 0 fully saturated rings. The number of likely N-dealkylation sites (N-methyl/N-ethyl adjacent to an activating group) is 1. The largest absolute Gasteiger partial charge is 0.756 e. The highest BCUT2D eigenvalue weighted by molar-refractivity contribution is 7.45. The van der Waals surface area contributed by atoms with Gasteiger partial charge in [0, 0.05) is 6.42 Å². The summed E-state index contributed by atoms with van der Waals surface area (Å²) in [5, 5.41) is 13.9. The summed E-state index contributed by atoms with van der Waals surface area (Å²) in [5.41, 5.74) is 0. The van der Waals surface area contributed by atoms with Crippen LogP contribution in [0.15, 0.2) is 36.5 Å². The van der Waals surface area contributed by atoms with Crippen LogP contribution in [0.2, 0.25) is 0 Å². The van der Waals surface area contributed by atoms with Crippen LogP contribution in [0.4, 0.5) is 0 Å². The van der Waals surface area contributed by atoms with E-state index in [-0.39, 0.29) is 19.1 Å². The number of carbonyl (C=O) groups excluding carboxylic acids is 1. The maximum Gasteiger partial charge on any atom is 0.268 e. The van der Waals surface area contributed by atoms with E-state index in [4.69, 9.17) is 9.05 Å². The normalized spacial score (nSPS) is 14.1. The van der Waals surface area contributed by atoms with Crippen LogP contribution in [0.5, 0.6) is 0 Å². The second kappa shape index (κ2) is 51.6. The van der Waals surface area contributed by atoms with Crippen molar-refractivity contribution in [3.8, 4) is 0 Å². The fourth-order valence-corrected chi connectivity index (χ4v) is 9.61. The van der Waals surface area contributed by atoms with Crippen molar-refractivity contribution >= 4 is 13.7 Å². The Morgan fingerprint density at radius 3 is 1.20 bits per heavy atom. The minimum Gasteiger partial charge on any atom is -0.756 e. The first-order valence-corrected chi connectivity index (χ1v) is 31.3. The third-order valence-electron chi connectivity index (χ3n) is 13.6. The van der Waals surface area contributed by atoms with Crippen molar-refractivity contribution in [1.29, 1.82) is 0 Å². The third kappa shape index (κ3) is 54.3. The Balaban J connectivity index is 4.06. The van der Waals surface area contributed by atoms with Crippen molar-refractivity contribution < 1.29 is 32.9 Å². The number of carbonyl (C=O) groups is 1. The number of nitrogens with zero attached hydrogens (tertiary/aromatic N) is 1. The van der Waals surface area contributed by atoms with Gasteiger partial charge in [0.1, 0.15) is 13.2 Å². The first-order valence-electron chi connectivity index (χ1n) is 29.9. The van der Waals surface area contributed by atoms with Crippen LogP contribution in [0.25, 0.3) is 0 Å². The maximum absolute atomic E-state index is 13.0. The molecule has 0 aliphatic rings. The molecule has 0 aliphatic carbocycles. The Kier molecular flexibility index (Phi) is 50.7. The molecule has 9 heteroatoms. The molecule has 0 spiro atoms. The van der Waals surface area contributed by atoms with E-state index in [0.717, 1.165) is 44.9 Å². The van der Waals surface area contributed by atoms with Gasteiger partial charge >= 0.3 is 0 Å². The van der Waals surface area contributed by atoms with E-state index >= 15 is 0 Å². The van der Waals surface area contributed by atoms with Crippen LogP contribution in [-0.2, 0) is 18.4 Å². The number of quaternary nitrogens is 1. The molecule has 2 N–H and O–H groups in total. The molecular formula is C60H117N2O6P. The number of aliphatic hydroxyl groups is 1. The molecule has 0 aromatic heterocycles. The summed E-state index contributed by atoms with van der Waals surface area (Å²) in [4.78, 5) is 25.5. The lowest BCUT2D eigenvalue weighted by Crippen LogP contribution is -2.45. The number of phosphoric acid groups is 1. The number of hydrogen-bond donors (Lipinski definition) is 2. The van der Waals surface area contributed by atoms with Gasteiger partial charge in [0.05, 0.1) is 39.9 Å². The molecule has 0 saturated heterocycles. The van der Waals surface area contributed by atoms with Crippen LogP contribution in [0, 0.1) is 0 Å². The fourth-order valence-electron chi connectivity index (χ4n) is 8.89. The molecule has 0 aromatic rings.